The van der Waals surface area contributed by atoms with Crippen LogP contribution < -0.4 is 0 Å². The molecule has 4 heteroatoms. The van der Waals surface area contributed by atoms with Gasteiger partial charge < -0.3 is 4.43 Å². The molecule has 0 bridgehead atoms. The quantitative estimate of drug-likeness (QED) is 0.424. The third kappa shape index (κ3) is 5.49. The first-order chi connectivity index (χ1) is 6.60. The van der Waals surface area contributed by atoms with Crippen LogP contribution in [-0.4, -0.2) is 25.6 Å². The van der Waals surface area contributed by atoms with E-state index in [1.54, 1.807) is 13.0 Å². The Morgan fingerprint density at radius 2 is 1.87 bits per heavy atom. The zero-order chi connectivity index (χ0) is 12.3. The number of allylic oxidation sites excluding steroid dienone is 1. The van der Waals surface area contributed by atoms with Crippen molar-refractivity contribution < 1.29 is 9.22 Å². The first-order valence-electron chi connectivity index (χ1n) is 5.06. The molecule has 0 aromatic heterocycles. The highest BCUT2D eigenvalue weighted by atomic mass is 35.5. The van der Waals surface area contributed by atoms with Crippen molar-refractivity contribution in [3.8, 4) is 0 Å². The summed E-state index contributed by atoms with van der Waals surface area (Å²) in [5.41, 5.74) is 0.0963. The molecule has 0 aliphatic carbocycles. The highest BCUT2D eigenvalue weighted by Crippen LogP contribution is 2.21. The fraction of sp³-hybridized carbons (Fsp3) is 0.727. The van der Waals surface area contributed by atoms with Crippen molar-refractivity contribution in [2.45, 2.75) is 46.0 Å². The van der Waals surface area contributed by atoms with Crippen molar-refractivity contribution in [3.63, 3.8) is 0 Å². The van der Waals surface area contributed by atoms with E-state index in [9.17, 15) is 4.79 Å². The number of rotatable bonds is 5. The van der Waals surface area contributed by atoms with E-state index in [-0.39, 0.29) is 11.7 Å². The van der Waals surface area contributed by atoms with E-state index in [0.717, 1.165) is 5.57 Å². The van der Waals surface area contributed by atoms with Gasteiger partial charge in [-0.3, -0.25) is 4.79 Å². The van der Waals surface area contributed by atoms with Crippen LogP contribution in [0.5, 0.6) is 0 Å². The van der Waals surface area contributed by atoms with Gasteiger partial charge in [0.2, 0.25) is 0 Å². The molecule has 15 heavy (non-hydrogen) atoms. The molecule has 1 atom stereocenters. The molecular formula is C11H21ClO2Si. The fourth-order valence-electron chi connectivity index (χ4n) is 1.23. The molecule has 0 spiro atoms. The van der Waals surface area contributed by atoms with Gasteiger partial charge in [-0.1, -0.05) is 5.57 Å². The minimum atomic E-state index is -1.76. The summed E-state index contributed by atoms with van der Waals surface area (Å²) in [5, 5.41) is 0. The van der Waals surface area contributed by atoms with Crippen LogP contribution in [0.3, 0.4) is 0 Å². The Hall–Kier alpha value is -0.123. The molecule has 0 saturated carbocycles. The molecule has 0 heterocycles. The third-order valence-electron chi connectivity index (χ3n) is 1.73. The summed E-state index contributed by atoms with van der Waals surface area (Å²) >= 11 is 5.84. The van der Waals surface area contributed by atoms with Gasteiger partial charge in [-0.15, -0.1) is 11.6 Å². The van der Waals surface area contributed by atoms with E-state index in [2.05, 4.69) is 0 Å². The highest BCUT2D eigenvalue weighted by molar-refractivity contribution is 6.70. The number of alkyl halides is 1. The fourth-order valence-corrected chi connectivity index (χ4v) is 3.04. The maximum absolute atomic E-state index is 11.9. The van der Waals surface area contributed by atoms with Gasteiger partial charge in [0, 0.05) is 0 Å². The maximum Gasteiger partial charge on any atom is 0.187 e. The zero-order valence-electron chi connectivity index (χ0n) is 10.5. The van der Waals surface area contributed by atoms with Crippen LogP contribution in [0.1, 0.15) is 20.8 Å². The van der Waals surface area contributed by atoms with Gasteiger partial charge in [-0.05, 0) is 46.5 Å². The van der Waals surface area contributed by atoms with E-state index in [1.165, 1.54) is 0 Å². The smallest absolute Gasteiger partial charge is 0.187 e. The van der Waals surface area contributed by atoms with E-state index < -0.39 is 13.9 Å². The van der Waals surface area contributed by atoms with Crippen molar-refractivity contribution in [2.24, 2.45) is 0 Å². The summed E-state index contributed by atoms with van der Waals surface area (Å²) in [7, 11) is -1.76. The SMILES string of the molecule is CC(C)=CC(=O)C(C)(CCl)O[Si](C)(C)C. The Balaban J connectivity index is 4.86. The van der Waals surface area contributed by atoms with Crippen LogP contribution in [0.4, 0.5) is 0 Å². The van der Waals surface area contributed by atoms with E-state index in [4.69, 9.17) is 16.0 Å². The lowest BCUT2D eigenvalue weighted by Crippen LogP contribution is -2.47. The normalized spacial score (nSPS) is 15.7. The van der Waals surface area contributed by atoms with E-state index in [1.807, 2.05) is 33.5 Å². The van der Waals surface area contributed by atoms with Crippen molar-refractivity contribution in [2.75, 3.05) is 5.88 Å². The summed E-state index contributed by atoms with van der Waals surface area (Å²) in [4.78, 5) is 11.9. The largest absolute Gasteiger partial charge is 0.404 e. The van der Waals surface area contributed by atoms with Gasteiger partial charge in [0.05, 0.1) is 5.88 Å². The van der Waals surface area contributed by atoms with Gasteiger partial charge in [0.1, 0.15) is 5.60 Å². The molecular weight excluding hydrogens is 228 g/mol. The second-order valence-electron chi connectivity index (χ2n) is 5.16. The Bertz CT molecular complexity index is 264. The lowest BCUT2D eigenvalue weighted by molar-refractivity contribution is -0.127. The Morgan fingerprint density at radius 3 is 2.13 bits per heavy atom. The van der Waals surface area contributed by atoms with Crippen LogP contribution in [-0.2, 0) is 9.22 Å². The standard InChI is InChI=1S/C11H21ClO2Si/c1-9(2)7-10(13)11(3,8-12)14-15(4,5)6/h7H,8H2,1-6H3. The summed E-state index contributed by atoms with van der Waals surface area (Å²) in [5.74, 6) is 0.153. The predicted molar refractivity (Wildman–Crippen MR) is 68.0 cm³/mol. The molecule has 0 aliphatic rings. The highest BCUT2D eigenvalue weighted by Gasteiger charge is 2.36. The van der Waals surface area contributed by atoms with Gasteiger partial charge in [0.25, 0.3) is 0 Å². The van der Waals surface area contributed by atoms with Crippen LogP contribution in [0.25, 0.3) is 0 Å². The summed E-state index contributed by atoms with van der Waals surface area (Å²) < 4.78 is 5.85. The van der Waals surface area contributed by atoms with Gasteiger partial charge in [-0.25, -0.2) is 0 Å². The third-order valence-corrected chi connectivity index (χ3v) is 3.30. The summed E-state index contributed by atoms with van der Waals surface area (Å²) in [6.45, 7) is 11.7. The van der Waals surface area contributed by atoms with Gasteiger partial charge >= 0.3 is 0 Å². The van der Waals surface area contributed by atoms with Crippen molar-refractivity contribution in [1.29, 1.82) is 0 Å². The molecule has 0 amide bonds. The number of carbonyl (C=O) groups excluding carboxylic acids is 1. The van der Waals surface area contributed by atoms with Crippen LogP contribution >= 0.6 is 11.6 Å². The topological polar surface area (TPSA) is 26.3 Å². The first kappa shape index (κ1) is 14.9. The molecule has 1 unspecified atom stereocenters. The molecule has 0 aromatic rings. The number of carbonyl (C=O) groups is 1. The average Bonchev–Trinajstić information content (AvgIpc) is 1.99. The van der Waals surface area contributed by atoms with Crippen LogP contribution in [0.2, 0.25) is 19.6 Å². The number of hydrogen-bond donors (Lipinski definition) is 0. The van der Waals surface area contributed by atoms with Crippen LogP contribution in [0.15, 0.2) is 11.6 Å². The number of halogens is 1. The minimum Gasteiger partial charge on any atom is -0.404 e. The van der Waals surface area contributed by atoms with Crippen molar-refractivity contribution in [1.82, 2.24) is 0 Å². The molecule has 0 saturated heterocycles. The van der Waals surface area contributed by atoms with Crippen LogP contribution in [0, 0.1) is 0 Å². The molecule has 2 nitrogen and oxygen atoms in total. The van der Waals surface area contributed by atoms with E-state index in [0.29, 0.717) is 0 Å². The van der Waals surface area contributed by atoms with Crippen molar-refractivity contribution >= 4 is 25.7 Å². The molecule has 0 rings (SSSR count). The number of ketones is 1. The van der Waals surface area contributed by atoms with Gasteiger partial charge in [-0.2, -0.15) is 0 Å². The first-order valence-corrected chi connectivity index (χ1v) is 9.00. The minimum absolute atomic E-state index is 0.0417. The zero-order valence-corrected chi connectivity index (χ0v) is 12.2. The Kier molecular flexibility index (Phi) is 5.24. The molecule has 0 radical (unpaired) electrons. The summed E-state index contributed by atoms with van der Waals surface area (Å²) in [6.07, 6.45) is 1.60. The lowest BCUT2D eigenvalue weighted by atomic mass is 10.0. The second-order valence-corrected chi connectivity index (χ2v) is 9.86. The molecule has 0 aliphatic heterocycles. The van der Waals surface area contributed by atoms with E-state index >= 15 is 0 Å². The Labute approximate surface area is 98.8 Å². The summed E-state index contributed by atoms with van der Waals surface area (Å²) in [6, 6.07) is 0. The van der Waals surface area contributed by atoms with Gasteiger partial charge in [0.15, 0.2) is 14.1 Å². The predicted octanol–water partition coefficient (Wildman–Crippen LogP) is 3.37. The number of hydrogen-bond acceptors (Lipinski definition) is 2. The molecule has 0 fully saturated rings. The Morgan fingerprint density at radius 1 is 1.40 bits per heavy atom. The second kappa shape index (κ2) is 5.28. The monoisotopic (exact) mass is 248 g/mol. The maximum atomic E-state index is 11.9. The van der Waals surface area contributed by atoms with Crippen molar-refractivity contribution in [3.05, 3.63) is 11.6 Å². The molecule has 88 valence electrons. The lowest BCUT2D eigenvalue weighted by Gasteiger charge is -2.32. The average molecular weight is 249 g/mol. The molecule has 0 aromatic carbocycles. The molecule has 0 N–H and O–H groups in total.